The van der Waals surface area contributed by atoms with Gasteiger partial charge in [-0.15, -0.1) is 0 Å². The molecule has 250 valence electrons. The number of alkyl halides is 3. The number of rotatable bonds is 7. The molecule has 2 N–H and O–H groups in total. The quantitative estimate of drug-likeness (QED) is 0.394. The first-order valence-electron chi connectivity index (χ1n) is 15.9. The molecule has 5 fully saturated rings. The number of anilines is 2. The number of nitrogens with one attached hydrogen (secondary N) is 1. The fourth-order valence-electron chi connectivity index (χ4n) is 8.16. The fourth-order valence-corrected chi connectivity index (χ4v) is 8.16. The summed E-state index contributed by atoms with van der Waals surface area (Å²) in [4.78, 5) is 59.6. The van der Waals surface area contributed by atoms with E-state index in [9.17, 15) is 32.7 Å². The van der Waals surface area contributed by atoms with Gasteiger partial charge in [0.2, 0.25) is 11.3 Å². The lowest BCUT2D eigenvalue weighted by atomic mass is 9.39. The maximum atomic E-state index is 14.4. The van der Waals surface area contributed by atoms with E-state index in [0.29, 0.717) is 47.8 Å². The molecule has 4 heterocycles. The summed E-state index contributed by atoms with van der Waals surface area (Å²) in [5.41, 5.74) is -0.871. The second kappa shape index (κ2) is 10.5. The first kappa shape index (κ1) is 31.2. The third-order valence-electron chi connectivity index (χ3n) is 10.7. The van der Waals surface area contributed by atoms with E-state index in [0.717, 1.165) is 6.42 Å². The second-order valence-corrected chi connectivity index (χ2v) is 13.7. The molecule has 2 atom stereocenters. The number of fused-ring (bicyclic) bond motifs is 2. The van der Waals surface area contributed by atoms with Crippen molar-refractivity contribution in [2.75, 3.05) is 37.0 Å². The molecule has 47 heavy (non-hydrogen) atoms. The molecule has 2 bridgehead atoms. The lowest BCUT2D eigenvalue weighted by Crippen LogP contribution is -2.78. The number of nitrogens with zero attached hydrogens (tertiary/aromatic N) is 7. The minimum atomic E-state index is -4.28. The number of halogens is 3. The molecule has 2 amide bonds. The molecule has 8 rings (SSSR count). The highest BCUT2D eigenvalue weighted by atomic mass is 19.4. The minimum Gasteiger partial charge on any atom is -0.504 e. The number of hydrogen-bond donors (Lipinski definition) is 2. The molecule has 4 saturated carbocycles. The van der Waals surface area contributed by atoms with Gasteiger partial charge in [0, 0.05) is 44.5 Å². The van der Waals surface area contributed by atoms with Gasteiger partial charge in [-0.05, 0) is 57.6 Å². The molecule has 0 spiro atoms. The van der Waals surface area contributed by atoms with E-state index in [1.165, 1.54) is 6.33 Å². The number of hydrogen-bond acceptors (Lipinski definition) is 9. The number of pyridine rings is 2. The average molecular weight is 655 g/mol. The minimum absolute atomic E-state index is 0.0600. The van der Waals surface area contributed by atoms with Crippen LogP contribution in [0.25, 0.3) is 11.0 Å². The van der Waals surface area contributed by atoms with Gasteiger partial charge in [0.1, 0.15) is 29.9 Å². The van der Waals surface area contributed by atoms with E-state index in [4.69, 9.17) is 0 Å². The first-order chi connectivity index (χ1) is 22.2. The Labute approximate surface area is 268 Å². The predicted octanol–water partition coefficient (Wildman–Crippen LogP) is 2.92. The number of aromatic nitrogens is 4. The Morgan fingerprint density at radius 1 is 1.11 bits per heavy atom. The molecule has 1 saturated heterocycles. The van der Waals surface area contributed by atoms with Gasteiger partial charge in [0.05, 0.1) is 22.7 Å². The standard InChI is InChI=1S/C32H37F3N8O4/c1-5-18-26(41-10-11-42(20-7-6-19(20)41)29(47)25-27(45)17(2)36-16-37-25)28(46)24-21(8-9-22(38-24)40(3)4)43(18)12-23(44)39-31-13-30(14-31,15-31)32(33,34)35/h8-9,16,19-20,45H,5-7,10-15H2,1-4H3,(H,39,44)/t19-,20-,30?,31?/m0/s1. The van der Waals surface area contributed by atoms with Gasteiger partial charge in [-0.3, -0.25) is 14.4 Å². The molecule has 0 unspecified atom stereocenters. The molecule has 0 radical (unpaired) electrons. The molecular weight excluding hydrogens is 617 g/mol. The summed E-state index contributed by atoms with van der Waals surface area (Å²) < 4.78 is 42.1. The Morgan fingerprint density at radius 2 is 1.81 bits per heavy atom. The normalized spacial score (nSPS) is 26.2. The van der Waals surface area contributed by atoms with Gasteiger partial charge in [-0.25, -0.2) is 15.0 Å². The Hall–Kier alpha value is -4.43. The highest BCUT2D eigenvalue weighted by Gasteiger charge is 2.79. The summed E-state index contributed by atoms with van der Waals surface area (Å²) in [6.07, 6.45) is -1.55. The molecule has 3 aromatic rings. The predicted molar refractivity (Wildman–Crippen MR) is 167 cm³/mol. The topological polar surface area (TPSA) is 137 Å². The summed E-state index contributed by atoms with van der Waals surface area (Å²) in [6.45, 7) is 3.91. The number of aromatic hydroxyl groups is 1. The molecule has 4 aliphatic carbocycles. The Bertz CT molecular complexity index is 1860. The van der Waals surface area contributed by atoms with Crippen molar-refractivity contribution in [1.29, 1.82) is 0 Å². The number of carbonyl (C=O) groups excluding carboxylic acids is 2. The highest BCUT2D eigenvalue weighted by Crippen LogP contribution is 2.73. The van der Waals surface area contributed by atoms with Crippen LogP contribution in [0, 0.1) is 12.3 Å². The van der Waals surface area contributed by atoms with Gasteiger partial charge >= 0.3 is 6.18 Å². The van der Waals surface area contributed by atoms with Crippen molar-refractivity contribution >= 4 is 34.4 Å². The summed E-state index contributed by atoms with van der Waals surface area (Å²) in [7, 11) is 3.62. The number of amides is 2. The van der Waals surface area contributed by atoms with Crippen LogP contribution < -0.4 is 20.5 Å². The van der Waals surface area contributed by atoms with Crippen LogP contribution in [0.15, 0.2) is 23.3 Å². The van der Waals surface area contributed by atoms with Gasteiger partial charge < -0.3 is 29.7 Å². The van der Waals surface area contributed by atoms with E-state index in [-0.39, 0.29) is 66.8 Å². The van der Waals surface area contributed by atoms with E-state index in [1.54, 1.807) is 33.4 Å². The summed E-state index contributed by atoms with van der Waals surface area (Å²) >= 11 is 0. The maximum absolute atomic E-state index is 14.4. The smallest absolute Gasteiger partial charge is 0.394 e. The van der Waals surface area contributed by atoms with E-state index in [1.807, 2.05) is 25.9 Å². The summed E-state index contributed by atoms with van der Waals surface area (Å²) in [5, 5.41) is 13.4. The number of carbonyl (C=O) groups is 2. The molecule has 15 heteroatoms. The Morgan fingerprint density at radius 3 is 2.43 bits per heavy atom. The third kappa shape index (κ3) is 4.63. The number of aryl methyl sites for hydroxylation is 1. The maximum Gasteiger partial charge on any atom is 0.394 e. The zero-order valence-corrected chi connectivity index (χ0v) is 26.7. The number of piperazine rings is 1. The van der Waals surface area contributed by atoms with E-state index in [2.05, 4.69) is 20.3 Å². The zero-order chi connectivity index (χ0) is 33.6. The molecule has 0 aromatic carbocycles. The average Bonchev–Trinajstić information content (AvgIpc) is 2.95. The molecular formula is C32H37F3N8O4. The van der Waals surface area contributed by atoms with Crippen LogP contribution in [-0.2, 0) is 17.8 Å². The van der Waals surface area contributed by atoms with Gasteiger partial charge in [-0.2, -0.15) is 13.2 Å². The van der Waals surface area contributed by atoms with Crippen molar-refractivity contribution in [3.05, 3.63) is 45.8 Å². The van der Waals surface area contributed by atoms with E-state index >= 15 is 0 Å². The fraction of sp³-hybridized carbons (Fsp3) is 0.562. The summed E-state index contributed by atoms with van der Waals surface area (Å²) in [6, 6.07) is 3.11. The van der Waals surface area contributed by atoms with Crippen molar-refractivity contribution < 1.29 is 27.9 Å². The second-order valence-electron chi connectivity index (χ2n) is 13.7. The van der Waals surface area contributed by atoms with Crippen molar-refractivity contribution in [2.45, 2.75) is 82.7 Å². The van der Waals surface area contributed by atoms with Crippen molar-refractivity contribution in [3.8, 4) is 5.75 Å². The van der Waals surface area contributed by atoms with Gasteiger partial charge in [0.15, 0.2) is 11.4 Å². The van der Waals surface area contributed by atoms with Crippen LogP contribution in [0.5, 0.6) is 5.75 Å². The van der Waals surface area contributed by atoms with Crippen LogP contribution in [0.1, 0.15) is 60.9 Å². The lowest BCUT2D eigenvalue weighted by molar-refractivity contribution is -0.337. The third-order valence-corrected chi connectivity index (χ3v) is 10.7. The molecule has 3 aromatic heterocycles. The van der Waals surface area contributed by atoms with Crippen molar-refractivity contribution in [2.24, 2.45) is 5.41 Å². The molecule has 1 aliphatic heterocycles. The van der Waals surface area contributed by atoms with Crippen LogP contribution in [-0.4, -0.2) is 92.3 Å². The highest BCUT2D eigenvalue weighted by molar-refractivity contribution is 5.95. The van der Waals surface area contributed by atoms with E-state index < -0.39 is 28.9 Å². The zero-order valence-electron chi connectivity index (χ0n) is 26.7. The summed E-state index contributed by atoms with van der Waals surface area (Å²) in [5.74, 6) is -0.512. The van der Waals surface area contributed by atoms with Crippen LogP contribution in [0.3, 0.4) is 0 Å². The van der Waals surface area contributed by atoms with Gasteiger partial charge in [-0.1, -0.05) is 6.92 Å². The molecule has 5 aliphatic rings. The molecule has 12 nitrogen and oxygen atoms in total. The van der Waals surface area contributed by atoms with Crippen molar-refractivity contribution in [3.63, 3.8) is 0 Å². The van der Waals surface area contributed by atoms with Gasteiger partial charge in [0.25, 0.3) is 5.91 Å². The van der Waals surface area contributed by atoms with Crippen molar-refractivity contribution in [1.82, 2.24) is 29.7 Å². The first-order valence-corrected chi connectivity index (χ1v) is 15.9. The van der Waals surface area contributed by atoms with Crippen LogP contribution in [0.2, 0.25) is 0 Å². The Balaban J connectivity index is 1.23. The lowest BCUT2D eigenvalue weighted by Gasteiger charge is -2.70. The van der Waals surface area contributed by atoms with Crippen LogP contribution in [0.4, 0.5) is 24.7 Å². The van der Waals surface area contributed by atoms with Crippen LogP contribution >= 0.6 is 0 Å². The monoisotopic (exact) mass is 654 g/mol. The Kier molecular flexibility index (Phi) is 6.99. The SMILES string of the molecule is CCc1c(N2CCN(C(=O)c3ncnc(C)c3O)[C@H]3CC[C@@H]32)c(=O)c2nc(N(C)C)ccc2n1CC(=O)NC12CC(C(F)(F)F)(C1)C2. The largest absolute Gasteiger partial charge is 0.504 e.